The summed E-state index contributed by atoms with van der Waals surface area (Å²) in [5.74, 6) is 0.715. The largest absolute Gasteiger partial charge is 0.383 e. The first-order valence-electron chi connectivity index (χ1n) is 7.92. The lowest BCUT2D eigenvalue weighted by atomic mass is 9.87. The Morgan fingerprint density at radius 2 is 1.60 bits per heavy atom. The van der Waals surface area contributed by atoms with Crippen molar-refractivity contribution in [2.75, 3.05) is 30.3 Å². The van der Waals surface area contributed by atoms with E-state index in [1.54, 1.807) is 31.4 Å². The summed E-state index contributed by atoms with van der Waals surface area (Å²) in [6.45, 7) is 7.36. The van der Waals surface area contributed by atoms with E-state index < -0.39 is 10.0 Å². The Bertz CT molecular complexity index is 782. The molecule has 1 aromatic carbocycles. The molecule has 0 amide bonds. The number of rotatable bonds is 7. The zero-order chi connectivity index (χ0) is 18.5. The topological polar surface area (TPSA) is 93.2 Å². The lowest BCUT2D eigenvalue weighted by molar-refractivity contribution is 0.210. The van der Waals surface area contributed by atoms with Gasteiger partial charge in [0.15, 0.2) is 5.82 Å². The highest BCUT2D eigenvalue weighted by atomic mass is 32.2. The van der Waals surface area contributed by atoms with Gasteiger partial charge in [-0.3, -0.25) is 4.72 Å². The first-order chi connectivity index (χ1) is 11.7. The Kier molecular flexibility index (Phi) is 5.97. The lowest BCUT2D eigenvalue weighted by Gasteiger charge is -2.19. The molecule has 1 heterocycles. The quantitative estimate of drug-likeness (QED) is 0.734. The van der Waals surface area contributed by atoms with Crippen LogP contribution in [-0.2, 0) is 20.2 Å². The second-order valence-corrected chi connectivity index (χ2v) is 8.29. The summed E-state index contributed by atoms with van der Waals surface area (Å²) in [6.07, 6.45) is 0. The minimum atomic E-state index is -3.70. The minimum Gasteiger partial charge on any atom is -0.383 e. The first-order valence-corrected chi connectivity index (χ1v) is 9.40. The summed E-state index contributed by atoms with van der Waals surface area (Å²) in [5, 5.41) is 10.8. The summed E-state index contributed by atoms with van der Waals surface area (Å²) < 4.78 is 32.3. The van der Waals surface area contributed by atoms with Gasteiger partial charge >= 0.3 is 0 Å². The molecule has 0 spiro atoms. The zero-order valence-electron chi connectivity index (χ0n) is 14.9. The molecule has 25 heavy (non-hydrogen) atoms. The van der Waals surface area contributed by atoms with Gasteiger partial charge in [-0.05, 0) is 35.2 Å². The van der Waals surface area contributed by atoms with Crippen LogP contribution >= 0.6 is 0 Å². The fraction of sp³-hybridized carbons (Fsp3) is 0.412. The summed E-state index contributed by atoms with van der Waals surface area (Å²) >= 11 is 0. The van der Waals surface area contributed by atoms with Gasteiger partial charge in [0.05, 0.1) is 11.5 Å². The van der Waals surface area contributed by atoms with Crippen LogP contribution in [0.1, 0.15) is 26.3 Å². The number of hydrogen-bond acceptors (Lipinski definition) is 6. The normalized spacial score (nSPS) is 12.0. The number of methoxy groups -OCH3 is 1. The highest BCUT2D eigenvalue weighted by Crippen LogP contribution is 2.24. The van der Waals surface area contributed by atoms with Gasteiger partial charge in [-0.1, -0.05) is 32.9 Å². The standard InChI is InChI=1S/C17H24N4O3S/c1-17(2,3)13-5-7-14(8-6-13)25(22,23)21-16-10-9-15(19-20-16)18-11-12-24-4/h5-10H,11-12H2,1-4H3,(H,18,19)(H,20,21). The predicted octanol–water partition coefficient (Wildman–Crippen LogP) is 2.63. The first kappa shape index (κ1) is 19.1. The maximum absolute atomic E-state index is 12.4. The van der Waals surface area contributed by atoms with E-state index in [-0.39, 0.29) is 16.1 Å². The van der Waals surface area contributed by atoms with Crippen LogP contribution in [0.5, 0.6) is 0 Å². The van der Waals surface area contributed by atoms with Crippen molar-refractivity contribution in [3.8, 4) is 0 Å². The Hall–Kier alpha value is -2.19. The van der Waals surface area contributed by atoms with Crippen LogP contribution in [0.2, 0.25) is 0 Å². The number of sulfonamides is 1. The number of nitrogens with one attached hydrogen (secondary N) is 2. The van der Waals surface area contributed by atoms with Gasteiger partial charge < -0.3 is 10.1 Å². The van der Waals surface area contributed by atoms with Crippen LogP contribution in [-0.4, -0.2) is 38.9 Å². The highest BCUT2D eigenvalue weighted by molar-refractivity contribution is 7.92. The van der Waals surface area contributed by atoms with E-state index in [1.165, 1.54) is 0 Å². The Labute approximate surface area is 148 Å². The number of nitrogens with zero attached hydrogens (tertiary/aromatic N) is 2. The molecule has 0 saturated heterocycles. The number of aromatic nitrogens is 2. The molecule has 0 aliphatic carbocycles. The zero-order valence-corrected chi connectivity index (χ0v) is 15.7. The molecule has 8 heteroatoms. The van der Waals surface area contributed by atoms with Gasteiger partial charge in [0.25, 0.3) is 10.0 Å². The van der Waals surface area contributed by atoms with Crippen molar-refractivity contribution < 1.29 is 13.2 Å². The number of benzene rings is 1. The molecule has 0 atom stereocenters. The van der Waals surface area contributed by atoms with E-state index in [4.69, 9.17) is 4.74 Å². The van der Waals surface area contributed by atoms with Crippen LogP contribution in [0.4, 0.5) is 11.6 Å². The fourth-order valence-corrected chi connectivity index (χ4v) is 3.09. The summed E-state index contributed by atoms with van der Waals surface area (Å²) in [7, 11) is -2.09. The maximum atomic E-state index is 12.4. The van der Waals surface area contributed by atoms with E-state index in [0.29, 0.717) is 19.0 Å². The number of ether oxygens (including phenoxy) is 1. The van der Waals surface area contributed by atoms with Crippen molar-refractivity contribution in [2.45, 2.75) is 31.1 Å². The van der Waals surface area contributed by atoms with Crippen molar-refractivity contribution in [1.82, 2.24) is 10.2 Å². The Morgan fingerprint density at radius 1 is 1.00 bits per heavy atom. The van der Waals surface area contributed by atoms with Crippen molar-refractivity contribution in [2.24, 2.45) is 0 Å². The maximum Gasteiger partial charge on any atom is 0.263 e. The molecule has 0 aliphatic heterocycles. The molecule has 0 bridgehead atoms. The van der Waals surface area contributed by atoms with Crippen LogP contribution < -0.4 is 10.0 Å². The fourth-order valence-electron chi connectivity index (χ4n) is 2.09. The molecule has 0 unspecified atom stereocenters. The molecule has 1 aromatic heterocycles. The average molecular weight is 364 g/mol. The second-order valence-electron chi connectivity index (χ2n) is 6.60. The predicted molar refractivity (Wildman–Crippen MR) is 98.3 cm³/mol. The van der Waals surface area contributed by atoms with E-state index >= 15 is 0 Å². The molecule has 0 fully saturated rings. The molecule has 0 radical (unpaired) electrons. The van der Waals surface area contributed by atoms with Crippen LogP contribution in [0.3, 0.4) is 0 Å². The van der Waals surface area contributed by atoms with E-state index in [0.717, 1.165) is 5.56 Å². The van der Waals surface area contributed by atoms with E-state index in [2.05, 4.69) is 41.0 Å². The molecular formula is C17H24N4O3S. The van der Waals surface area contributed by atoms with E-state index in [1.807, 2.05) is 12.1 Å². The smallest absolute Gasteiger partial charge is 0.263 e. The Morgan fingerprint density at radius 3 is 2.12 bits per heavy atom. The minimum absolute atomic E-state index is 0.0349. The molecule has 0 saturated carbocycles. The number of anilines is 2. The monoisotopic (exact) mass is 364 g/mol. The van der Waals surface area contributed by atoms with Gasteiger partial charge in [0, 0.05) is 13.7 Å². The summed E-state index contributed by atoms with van der Waals surface area (Å²) in [4.78, 5) is 0.185. The van der Waals surface area contributed by atoms with Crippen molar-refractivity contribution in [3.05, 3.63) is 42.0 Å². The second kappa shape index (κ2) is 7.79. The molecule has 2 N–H and O–H groups in total. The van der Waals surface area contributed by atoms with Gasteiger partial charge in [-0.25, -0.2) is 8.42 Å². The van der Waals surface area contributed by atoms with Gasteiger partial charge in [0.2, 0.25) is 0 Å². The van der Waals surface area contributed by atoms with Crippen molar-refractivity contribution in [1.29, 1.82) is 0 Å². The average Bonchev–Trinajstić information content (AvgIpc) is 2.56. The third-order valence-corrected chi connectivity index (χ3v) is 4.92. The third-order valence-electron chi connectivity index (χ3n) is 3.55. The van der Waals surface area contributed by atoms with Crippen LogP contribution in [0, 0.1) is 0 Å². The number of hydrogen-bond donors (Lipinski definition) is 2. The molecule has 7 nitrogen and oxygen atoms in total. The van der Waals surface area contributed by atoms with E-state index in [9.17, 15) is 8.42 Å². The summed E-state index contributed by atoms with van der Waals surface area (Å²) in [5.41, 5.74) is 1.03. The Balaban J connectivity index is 2.08. The van der Waals surface area contributed by atoms with Crippen LogP contribution in [0.15, 0.2) is 41.3 Å². The highest BCUT2D eigenvalue weighted by Gasteiger charge is 2.18. The van der Waals surface area contributed by atoms with Gasteiger partial charge in [0.1, 0.15) is 5.82 Å². The molecule has 2 aromatic rings. The third kappa shape index (κ3) is 5.40. The molecular weight excluding hydrogens is 340 g/mol. The van der Waals surface area contributed by atoms with Crippen LogP contribution in [0.25, 0.3) is 0 Å². The SMILES string of the molecule is COCCNc1ccc(NS(=O)(=O)c2ccc(C(C)(C)C)cc2)nn1. The lowest BCUT2D eigenvalue weighted by Crippen LogP contribution is -2.16. The van der Waals surface area contributed by atoms with Crippen molar-refractivity contribution in [3.63, 3.8) is 0 Å². The summed E-state index contributed by atoms with van der Waals surface area (Å²) in [6, 6.07) is 10.0. The van der Waals surface area contributed by atoms with Gasteiger partial charge in [-0.2, -0.15) is 0 Å². The van der Waals surface area contributed by atoms with Crippen molar-refractivity contribution >= 4 is 21.7 Å². The molecule has 136 valence electrons. The molecule has 2 rings (SSSR count). The van der Waals surface area contributed by atoms with Gasteiger partial charge in [-0.15, -0.1) is 10.2 Å². The molecule has 0 aliphatic rings.